The molecule has 27 heteroatoms. The van der Waals surface area contributed by atoms with E-state index in [1.165, 1.54) is 4.90 Å². The molecule has 4 aromatic rings. The monoisotopic (exact) mass is 839 g/mol. The first-order valence-corrected chi connectivity index (χ1v) is 19.4. The van der Waals surface area contributed by atoms with Crippen LogP contribution in [0.2, 0.25) is 0 Å². The van der Waals surface area contributed by atoms with Crippen LogP contribution in [0.15, 0.2) is 75.0 Å². The Labute approximate surface area is 318 Å². The highest BCUT2D eigenvalue weighted by molar-refractivity contribution is 8.13. The van der Waals surface area contributed by atoms with E-state index in [0.29, 0.717) is 55.7 Å². The van der Waals surface area contributed by atoms with E-state index in [4.69, 9.17) is 19.9 Å². The molecule has 1 unspecified atom stereocenters. The third-order valence-corrected chi connectivity index (χ3v) is 11.5. The summed E-state index contributed by atoms with van der Waals surface area (Å²) in [5.74, 6) is 0.881. The highest BCUT2D eigenvalue weighted by Gasteiger charge is 2.38. The molecule has 0 N–H and O–H groups in total. The molecule has 296 valence electrons. The number of sulfonamides is 1. The Morgan fingerprint density at radius 3 is 1.80 bits per heavy atom. The number of halogens is 1. The molecule has 0 saturated carbocycles. The van der Waals surface area contributed by atoms with Gasteiger partial charge < -0.3 is 9.26 Å². The Hall–Kier alpha value is -6.22. The minimum Gasteiger partial charge on any atom is -0.443 e. The average Bonchev–Trinajstić information content (AvgIpc) is 3.75. The van der Waals surface area contributed by atoms with Crippen LogP contribution >= 0.6 is 10.7 Å². The second kappa shape index (κ2) is 16.3. The molecule has 6 rings (SSSR count). The van der Waals surface area contributed by atoms with Gasteiger partial charge in [-0.1, -0.05) is 5.16 Å². The number of nitrogens with zero attached hydrogens (tertiary/aromatic N) is 9. The smallest absolute Gasteiger partial charge is 0.414 e. The number of nitro benzene ring substituents is 4. The summed E-state index contributed by atoms with van der Waals surface area (Å²) in [5.41, 5.74) is -1.57. The van der Waals surface area contributed by atoms with Crippen molar-refractivity contribution in [1.29, 1.82) is 0 Å². The highest BCUT2D eigenvalue weighted by atomic mass is 35.7. The van der Waals surface area contributed by atoms with Crippen LogP contribution in [-0.2, 0) is 23.8 Å². The minimum absolute atomic E-state index is 0.0396. The van der Waals surface area contributed by atoms with Crippen LogP contribution in [0.1, 0.15) is 5.89 Å². The number of ether oxygens (including phenoxy) is 1. The maximum absolute atomic E-state index is 13.1. The molecule has 0 radical (unpaired) electrons. The Kier molecular flexibility index (Phi) is 11.9. The van der Waals surface area contributed by atoms with E-state index >= 15 is 0 Å². The second-order valence-corrected chi connectivity index (χ2v) is 16.2. The molecule has 0 aliphatic carbocycles. The van der Waals surface area contributed by atoms with Crippen molar-refractivity contribution in [3.8, 4) is 11.4 Å². The molecule has 0 spiro atoms. The van der Waals surface area contributed by atoms with Crippen LogP contribution in [0.25, 0.3) is 11.4 Å². The number of hydrogen-bond acceptors (Lipinski definition) is 18. The third-order valence-electron chi connectivity index (χ3n) is 8.21. The highest BCUT2D eigenvalue weighted by Crippen LogP contribution is 2.32. The zero-order valence-electron chi connectivity index (χ0n) is 28.4. The lowest BCUT2D eigenvalue weighted by Crippen LogP contribution is -2.50. The van der Waals surface area contributed by atoms with Crippen molar-refractivity contribution in [1.82, 2.24) is 19.3 Å². The number of carbonyl (C=O) groups is 1. The van der Waals surface area contributed by atoms with Crippen LogP contribution in [0, 0.1) is 47.4 Å². The van der Waals surface area contributed by atoms with Gasteiger partial charge in [0.15, 0.2) is 9.79 Å². The fraction of sp³-hybridized carbons (Fsp3) is 0.276. The van der Waals surface area contributed by atoms with Crippen molar-refractivity contribution in [2.24, 2.45) is 0 Å². The number of nitro groups is 4. The predicted octanol–water partition coefficient (Wildman–Crippen LogP) is 3.62. The van der Waals surface area contributed by atoms with Gasteiger partial charge in [-0.3, -0.25) is 50.3 Å². The van der Waals surface area contributed by atoms with Crippen molar-refractivity contribution in [3.63, 3.8) is 0 Å². The first-order chi connectivity index (χ1) is 26.3. The van der Waals surface area contributed by atoms with Gasteiger partial charge in [0.05, 0.1) is 38.4 Å². The van der Waals surface area contributed by atoms with E-state index in [9.17, 15) is 62.1 Å². The van der Waals surface area contributed by atoms with Crippen LogP contribution in [0.4, 0.5) is 33.2 Å². The third kappa shape index (κ3) is 9.17. The lowest BCUT2D eigenvalue weighted by Gasteiger charge is -2.34. The number of aryl methyl sites for hydroxylation is 1. The number of cyclic esters (lactones) is 1. The molecule has 56 heavy (non-hydrogen) atoms. The number of hydrogen-bond donors (Lipinski definition) is 0. The molecule has 0 bridgehead atoms. The Morgan fingerprint density at radius 2 is 1.32 bits per heavy atom. The maximum atomic E-state index is 13.1. The first kappa shape index (κ1) is 41.0. The lowest BCUT2D eigenvalue weighted by molar-refractivity contribution is -0.396. The van der Waals surface area contributed by atoms with E-state index in [2.05, 4.69) is 10.1 Å². The number of amides is 1. The average molecular weight is 840 g/mol. The van der Waals surface area contributed by atoms with Crippen LogP contribution in [-0.4, -0.2) is 107 Å². The number of aromatic nitrogens is 2. The summed E-state index contributed by atoms with van der Waals surface area (Å²) in [4.78, 5) is 58.4. The largest absolute Gasteiger partial charge is 0.443 e. The number of piperazine rings is 1. The van der Waals surface area contributed by atoms with Crippen molar-refractivity contribution in [2.45, 2.75) is 22.8 Å². The molecule has 3 aromatic carbocycles. The first-order valence-electron chi connectivity index (χ1n) is 15.7. The lowest BCUT2D eigenvalue weighted by atomic mass is 10.2. The molecular weight excluding hydrogens is 814 g/mol. The molecule has 1 atom stereocenters. The fourth-order valence-corrected chi connectivity index (χ4v) is 8.13. The Bertz CT molecular complexity index is 2440. The quantitative estimate of drug-likeness (QED) is 0.118. The van der Waals surface area contributed by atoms with Gasteiger partial charge in [0.25, 0.3) is 31.8 Å². The van der Waals surface area contributed by atoms with Crippen LogP contribution in [0.5, 0.6) is 0 Å². The van der Waals surface area contributed by atoms with Gasteiger partial charge in [0.1, 0.15) is 6.10 Å². The SMILES string of the molecule is Cc1nc(-c2ccc(N3CC(CN4CCN(S(=O)(=O)c5ccc([N+](=O)[O-])cc5[N+](=O)[O-])CC4)OC3=O)cc2)no1.O=[N+]([O-])c1ccc(S(=O)(=O)Cl)c([N+](=O)[O-])c1. The zero-order valence-corrected chi connectivity index (χ0v) is 30.8. The minimum atomic E-state index is -4.31. The second-order valence-electron chi connectivity index (χ2n) is 11.8. The summed E-state index contributed by atoms with van der Waals surface area (Å²) in [6.07, 6.45) is -0.953. The van der Waals surface area contributed by atoms with Gasteiger partial charge in [0, 0.05) is 73.7 Å². The molecule has 2 saturated heterocycles. The van der Waals surface area contributed by atoms with Crippen molar-refractivity contribution in [2.75, 3.05) is 44.2 Å². The van der Waals surface area contributed by atoms with Crippen LogP contribution in [0.3, 0.4) is 0 Å². The number of benzene rings is 3. The van der Waals surface area contributed by atoms with Gasteiger partial charge in [-0.15, -0.1) is 0 Å². The molecule has 1 amide bonds. The molecule has 24 nitrogen and oxygen atoms in total. The van der Waals surface area contributed by atoms with E-state index < -0.39 is 83.5 Å². The summed E-state index contributed by atoms with van der Waals surface area (Å²) < 4.78 is 59.8. The Morgan fingerprint density at radius 1 is 0.786 bits per heavy atom. The normalized spacial score (nSPS) is 16.4. The fourth-order valence-electron chi connectivity index (χ4n) is 5.56. The topological polar surface area (TPSA) is 316 Å². The number of rotatable bonds is 11. The molecule has 2 fully saturated rings. The molecule has 3 heterocycles. The van der Waals surface area contributed by atoms with Crippen LogP contribution < -0.4 is 4.90 Å². The summed E-state index contributed by atoms with van der Waals surface area (Å²) in [7, 11) is -3.65. The number of anilines is 1. The van der Waals surface area contributed by atoms with Gasteiger partial charge in [-0.2, -0.15) is 9.29 Å². The molecular formula is C29H26ClN9O15S2. The molecule has 2 aliphatic heterocycles. The standard InChI is InChI=1S/C23H23N7O9S.C6H3ClN2O6S/c1-15-24-22(25-39-15)16-2-4-17(5-3-16)28-14-19(38-23(28)31)13-26-8-10-27(11-9-26)40(36,37)21-7-6-18(29(32)33)12-20(21)30(34)35;7-16(14,15)6-2-1-4(8(10)11)3-5(6)9(12)13/h2-7,12,19H,8-11,13-14H2,1H3;1-3H. The number of non-ortho nitro benzene ring substituents is 2. The van der Waals surface area contributed by atoms with E-state index in [1.807, 2.05) is 4.90 Å². The van der Waals surface area contributed by atoms with Gasteiger partial charge in [-0.25, -0.2) is 21.6 Å². The zero-order chi connectivity index (χ0) is 41.1. The maximum Gasteiger partial charge on any atom is 0.414 e. The van der Waals surface area contributed by atoms with Gasteiger partial charge in [0.2, 0.25) is 21.7 Å². The van der Waals surface area contributed by atoms with Gasteiger partial charge >= 0.3 is 6.09 Å². The summed E-state index contributed by atoms with van der Waals surface area (Å²) >= 11 is 0. The van der Waals surface area contributed by atoms with Crippen molar-refractivity contribution < 1.29 is 50.6 Å². The van der Waals surface area contributed by atoms with Gasteiger partial charge in [-0.05, 0) is 36.4 Å². The summed E-state index contributed by atoms with van der Waals surface area (Å²) in [6.45, 7) is 3.03. The Balaban J connectivity index is 0.000000315. The molecule has 1 aromatic heterocycles. The molecule has 2 aliphatic rings. The van der Waals surface area contributed by atoms with E-state index in [1.54, 1.807) is 31.2 Å². The van der Waals surface area contributed by atoms with E-state index in [-0.39, 0.29) is 13.1 Å². The van der Waals surface area contributed by atoms with E-state index in [0.717, 1.165) is 34.1 Å². The summed E-state index contributed by atoms with van der Waals surface area (Å²) in [5, 5.41) is 47.1. The van der Waals surface area contributed by atoms with Crippen molar-refractivity contribution in [3.05, 3.63) is 107 Å². The predicted molar refractivity (Wildman–Crippen MR) is 190 cm³/mol. The van der Waals surface area contributed by atoms with Crippen molar-refractivity contribution >= 4 is 64.3 Å². The number of carbonyl (C=O) groups excluding carboxylic acids is 1. The summed E-state index contributed by atoms with van der Waals surface area (Å²) in [6, 6.07) is 11.6.